The molecule has 2 rings (SSSR count). The first-order chi connectivity index (χ1) is 17.8. The zero-order chi connectivity index (χ0) is 28.3. The van der Waals surface area contributed by atoms with Gasteiger partial charge in [-0.05, 0) is 63.5 Å². The van der Waals surface area contributed by atoms with Crippen LogP contribution in [0.1, 0.15) is 58.6 Å². The van der Waals surface area contributed by atoms with Crippen molar-refractivity contribution in [3.05, 3.63) is 71.8 Å². The van der Waals surface area contributed by atoms with Crippen molar-refractivity contribution in [2.75, 3.05) is 0 Å². The van der Waals surface area contributed by atoms with Gasteiger partial charge in [0.25, 0.3) is 0 Å². The third kappa shape index (κ3) is 11.3. The van der Waals surface area contributed by atoms with Gasteiger partial charge in [-0.3, -0.25) is 9.59 Å². The van der Waals surface area contributed by atoms with Crippen LogP contribution in [0, 0.1) is 11.8 Å². The first-order valence-corrected chi connectivity index (χ1v) is 13.2. The first kappa shape index (κ1) is 30.8. The minimum atomic E-state index is -1.07. The number of carbonyl (C=O) groups is 3. The fraction of sp³-hybridized carbons (Fsp3) is 0.500. The molecule has 0 bridgehead atoms. The highest BCUT2D eigenvalue weighted by atomic mass is 16.6. The molecule has 0 fully saturated rings. The molecule has 3 amide bonds. The number of hydrogen-bond donors (Lipinski definition) is 4. The van der Waals surface area contributed by atoms with Crippen LogP contribution in [0.15, 0.2) is 60.7 Å². The van der Waals surface area contributed by atoms with E-state index in [0.29, 0.717) is 19.3 Å². The summed E-state index contributed by atoms with van der Waals surface area (Å²) in [6.07, 6.45) is -0.550. The molecule has 5 N–H and O–H groups in total. The largest absolute Gasteiger partial charge is 0.444 e. The molecule has 38 heavy (non-hydrogen) atoms. The smallest absolute Gasteiger partial charge is 0.407 e. The molecule has 0 saturated carbocycles. The predicted molar refractivity (Wildman–Crippen MR) is 148 cm³/mol. The number of alkyl carbamates (subject to hydrolysis) is 1. The molecule has 208 valence electrons. The van der Waals surface area contributed by atoms with E-state index in [1.54, 1.807) is 20.8 Å². The van der Waals surface area contributed by atoms with Gasteiger partial charge < -0.3 is 26.2 Å². The third-order valence-electron chi connectivity index (χ3n) is 6.05. The van der Waals surface area contributed by atoms with E-state index in [1.807, 2.05) is 74.5 Å². The number of ether oxygens (including phenoxy) is 1. The fourth-order valence-electron chi connectivity index (χ4n) is 4.25. The first-order valence-electron chi connectivity index (χ1n) is 13.2. The highest BCUT2D eigenvalue weighted by molar-refractivity contribution is 5.87. The van der Waals surface area contributed by atoms with E-state index in [2.05, 4.69) is 10.6 Å². The summed E-state index contributed by atoms with van der Waals surface area (Å²) in [6.45, 7) is 9.19. The Bertz CT molecular complexity index is 1020. The number of amides is 3. The van der Waals surface area contributed by atoms with E-state index in [0.717, 1.165) is 11.1 Å². The van der Waals surface area contributed by atoms with Gasteiger partial charge in [-0.2, -0.15) is 0 Å². The molecule has 0 spiro atoms. The maximum absolute atomic E-state index is 13.4. The van der Waals surface area contributed by atoms with Crippen LogP contribution in [-0.2, 0) is 27.2 Å². The molecule has 4 atom stereocenters. The minimum absolute atomic E-state index is 0.0567. The Balaban J connectivity index is 2.28. The van der Waals surface area contributed by atoms with E-state index in [4.69, 9.17) is 10.5 Å². The van der Waals surface area contributed by atoms with Gasteiger partial charge in [0, 0.05) is 5.92 Å². The van der Waals surface area contributed by atoms with Crippen LogP contribution < -0.4 is 16.4 Å². The monoisotopic (exact) mass is 525 g/mol. The summed E-state index contributed by atoms with van der Waals surface area (Å²) in [4.78, 5) is 38.1. The second-order valence-corrected chi connectivity index (χ2v) is 11.2. The molecule has 0 aliphatic rings. The summed E-state index contributed by atoms with van der Waals surface area (Å²) in [5.74, 6) is -1.48. The van der Waals surface area contributed by atoms with Crippen LogP contribution in [-0.4, -0.2) is 46.8 Å². The zero-order valence-corrected chi connectivity index (χ0v) is 23.1. The van der Waals surface area contributed by atoms with Gasteiger partial charge >= 0.3 is 6.09 Å². The number of primary amides is 1. The van der Waals surface area contributed by atoms with Crippen molar-refractivity contribution in [3.63, 3.8) is 0 Å². The third-order valence-corrected chi connectivity index (χ3v) is 6.05. The number of benzene rings is 2. The maximum Gasteiger partial charge on any atom is 0.407 e. The normalized spacial score (nSPS) is 14.7. The fourth-order valence-corrected chi connectivity index (χ4v) is 4.25. The highest BCUT2D eigenvalue weighted by Crippen LogP contribution is 2.20. The van der Waals surface area contributed by atoms with E-state index in [1.165, 1.54) is 0 Å². The Morgan fingerprint density at radius 3 is 1.87 bits per heavy atom. The van der Waals surface area contributed by atoms with Crippen LogP contribution in [0.4, 0.5) is 4.79 Å². The molecule has 0 unspecified atom stereocenters. The van der Waals surface area contributed by atoms with E-state index in [-0.39, 0.29) is 18.2 Å². The molecule has 2 aromatic rings. The number of nitrogens with one attached hydrogen (secondary N) is 2. The summed E-state index contributed by atoms with van der Waals surface area (Å²) >= 11 is 0. The van der Waals surface area contributed by atoms with Crippen LogP contribution in [0.2, 0.25) is 0 Å². The molecule has 0 aliphatic heterocycles. The number of nitrogens with two attached hydrogens (primary N) is 1. The number of hydrogen-bond acceptors (Lipinski definition) is 5. The number of aliphatic hydroxyl groups is 1. The van der Waals surface area contributed by atoms with E-state index >= 15 is 0 Å². The second-order valence-electron chi connectivity index (χ2n) is 11.2. The standard InChI is InChI=1S/C30H43N3O5/c1-20(2)16-25(27(31)35)32-28(36)23(17-21-12-8-6-9-13-21)19-26(34)24(18-22-14-10-7-11-15-22)33-29(37)38-30(3,4)5/h6-15,20,23-26,34H,16-19H2,1-5H3,(H2,31,35)(H,32,36)(H,33,37)/t23-,24-,25+,26-/m0/s1. The lowest BCUT2D eigenvalue weighted by Gasteiger charge is -2.29. The Kier molecular flexibility index (Phi) is 11.8. The van der Waals surface area contributed by atoms with Crippen molar-refractivity contribution in [2.45, 2.75) is 84.1 Å². The van der Waals surface area contributed by atoms with Gasteiger partial charge in [0.1, 0.15) is 11.6 Å². The Morgan fingerprint density at radius 2 is 1.39 bits per heavy atom. The molecule has 2 aromatic carbocycles. The molecule has 0 saturated heterocycles. The van der Waals surface area contributed by atoms with Crippen LogP contribution in [0.5, 0.6) is 0 Å². The van der Waals surface area contributed by atoms with Gasteiger partial charge in [-0.15, -0.1) is 0 Å². The number of aliphatic hydroxyl groups excluding tert-OH is 1. The zero-order valence-electron chi connectivity index (χ0n) is 23.1. The second kappa shape index (κ2) is 14.5. The Labute approximate surface area is 226 Å². The summed E-state index contributed by atoms with van der Waals surface area (Å²) in [6, 6.07) is 17.4. The summed E-state index contributed by atoms with van der Waals surface area (Å²) < 4.78 is 5.43. The van der Waals surface area contributed by atoms with Crippen molar-refractivity contribution in [3.8, 4) is 0 Å². The van der Waals surface area contributed by atoms with Crippen LogP contribution in [0.3, 0.4) is 0 Å². The lowest BCUT2D eigenvalue weighted by Crippen LogP contribution is -2.50. The molecule has 0 heterocycles. The molecule has 0 radical (unpaired) electrons. The summed E-state index contributed by atoms with van der Waals surface area (Å²) in [5, 5.41) is 17.0. The summed E-state index contributed by atoms with van der Waals surface area (Å²) in [5.41, 5.74) is 6.69. The van der Waals surface area contributed by atoms with Crippen molar-refractivity contribution in [1.82, 2.24) is 10.6 Å². The predicted octanol–water partition coefficient (Wildman–Crippen LogP) is 3.75. The SMILES string of the molecule is CC(C)C[C@@H](NC(=O)[C@@H](Cc1ccccc1)C[C@H](O)[C@H](Cc1ccccc1)NC(=O)OC(C)(C)C)C(N)=O. The quantitative estimate of drug-likeness (QED) is 0.316. The van der Waals surface area contributed by atoms with E-state index < -0.39 is 41.7 Å². The number of rotatable bonds is 13. The summed E-state index contributed by atoms with van der Waals surface area (Å²) in [7, 11) is 0. The van der Waals surface area contributed by atoms with Gasteiger partial charge in [0.2, 0.25) is 11.8 Å². The van der Waals surface area contributed by atoms with Gasteiger partial charge in [0.15, 0.2) is 0 Å². The van der Waals surface area contributed by atoms with Gasteiger partial charge in [-0.1, -0.05) is 74.5 Å². The van der Waals surface area contributed by atoms with Crippen molar-refractivity contribution >= 4 is 17.9 Å². The minimum Gasteiger partial charge on any atom is -0.444 e. The van der Waals surface area contributed by atoms with E-state index in [9.17, 15) is 19.5 Å². The van der Waals surface area contributed by atoms with Crippen molar-refractivity contribution in [2.24, 2.45) is 17.6 Å². The van der Waals surface area contributed by atoms with Crippen molar-refractivity contribution in [1.29, 1.82) is 0 Å². The molecule has 0 aliphatic carbocycles. The molecule has 8 nitrogen and oxygen atoms in total. The van der Waals surface area contributed by atoms with Crippen molar-refractivity contribution < 1.29 is 24.2 Å². The Morgan fingerprint density at radius 1 is 0.868 bits per heavy atom. The Hall–Kier alpha value is -3.39. The van der Waals surface area contributed by atoms with Crippen LogP contribution >= 0.6 is 0 Å². The van der Waals surface area contributed by atoms with Crippen LogP contribution in [0.25, 0.3) is 0 Å². The average Bonchev–Trinajstić information content (AvgIpc) is 2.82. The topological polar surface area (TPSA) is 131 Å². The average molecular weight is 526 g/mol. The lowest BCUT2D eigenvalue weighted by molar-refractivity contribution is -0.131. The molecular weight excluding hydrogens is 482 g/mol. The molecule has 0 aromatic heterocycles. The molecule has 8 heteroatoms. The highest BCUT2D eigenvalue weighted by Gasteiger charge is 2.31. The lowest BCUT2D eigenvalue weighted by atomic mass is 9.88. The molecular formula is C30H43N3O5. The maximum atomic E-state index is 13.4. The number of carbonyl (C=O) groups excluding carboxylic acids is 3. The van der Waals surface area contributed by atoms with Gasteiger partial charge in [-0.25, -0.2) is 4.79 Å². The van der Waals surface area contributed by atoms with Gasteiger partial charge in [0.05, 0.1) is 12.1 Å².